The van der Waals surface area contributed by atoms with Crippen LogP contribution in [0.2, 0.25) is 0 Å². The zero-order valence-corrected chi connectivity index (χ0v) is 11.4. The lowest BCUT2D eigenvalue weighted by Gasteiger charge is -2.40. The molecule has 2 amide bonds. The van der Waals surface area contributed by atoms with Crippen molar-refractivity contribution in [1.29, 1.82) is 0 Å². The molecular formula is C14H24N2O. The summed E-state index contributed by atoms with van der Waals surface area (Å²) in [6.45, 7) is 8.88. The number of piperidine rings is 1. The summed E-state index contributed by atoms with van der Waals surface area (Å²) in [5.74, 6) is 4.44. The molecule has 3 nitrogen and oxygen atoms in total. The molecule has 96 valence electrons. The summed E-state index contributed by atoms with van der Waals surface area (Å²) in [4.78, 5) is 15.7. The Bertz CT molecular complexity index is 306. The van der Waals surface area contributed by atoms with Crippen LogP contribution in [0.4, 0.5) is 4.79 Å². The van der Waals surface area contributed by atoms with Crippen molar-refractivity contribution in [2.24, 2.45) is 17.8 Å². The number of hydrogen-bond acceptors (Lipinski definition) is 1. The molecule has 0 N–H and O–H groups in total. The van der Waals surface area contributed by atoms with E-state index in [1.165, 1.54) is 0 Å². The summed E-state index contributed by atoms with van der Waals surface area (Å²) in [5.41, 5.74) is 0. The van der Waals surface area contributed by atoms with Crippen molar-refractivity contribution in [3.63, 3.8) is 0 Å². The Hall–Kier alpha value is -1.17. The monoisotopic (exact) mass is 236 g/mol. The largest absolute Gasteiger partial charge is 0.324 e. The van der Waals surface area contributed by atoms with Gasteiger partial charge in [-0.05, 0) is 24.2 Å². The molecular weight excluding hydrogens is 212 g/mol. The van der Waals surface area contributed by atoms with Gasteiger partial charge >= 0.3 is 6.03 Å². The molecule has 2 atom stereocenters. The van der Waals surface area contributed by atoms with Gasteiger partial charge in [-0.15, -0.1) is 6.42 Å². The highest BCUT2D eigenvalue weighted by molar-refractivity contribution is 5.74. The zero-order valence-electron chi connectivity index (χ0n) is 11.4. The van der Waals surface area contributed by atoms with Crippen LogP contribution < -0.4 is 0 Å². The van der Waals surface area contributed by atoms with Crippen LogP contribution in [0.5, 0.6) is 0 Å². The molecule has 0 aromatic heterocycles. The number of carbonyl (C=O) groups excluding carboxylic acids is 1. The number of rotatable bonds is 2. The van der Waals surface area contributed by atoms with E-state index < -0.39 is 0 Å². The standard InChI is InChI=1S/C14H24N2O/c1-6-8-15(5)14(17)16-9-7-12(4)13(10-16)11(2)3/h1,11-13H,7-10H2,2-5H3. The van der Waals surface area contributed by atoms with E-state index in [-0.39, 0.29) is 6.03 Å². The first-order chi connectivity index (χ1) is 7.97. The molecule has 17 heavy (non-hydrogen) atoms. The fourth-order valence-electron chi connectivity index (χ4n) is 2.59. The quantitative estimate of drug-likeness (QED) is 0.675. The van der Waals surface area contributed by atoms with E-state index in [2.05, 4.69) is 26.7 Å². The van der Waals surface area contributed by atoms with Crippen LogP contribution in [0, 0.1) is 30.1 Å². The lowest BCUT2D eigenvalue weighted by atomic mass is 9.80. The van der Waals surface area contributed by atoms with E-state index in [0.29, 0.717) is 24.3 Å². The van der Waals surface area contributed by atoms with Gasteiger partial charge in [-0.3, -0.25) is 0 Å². The second-order valence-electron chi connectivity index (χ2n) is 5.46. The van der Waals surface area contributed by atoms with Crippen molar-refractivity contribution in [1.82, 2.24) is 9.80 Å². The van der Waals surface area contributed by atoms with E-state index in [1.807, 2.05) is 4.90 Å². The lowest BCUT2D eigenvalue weighted by Crippen LogP contribution is -2.49. The van der Waals surface area contributed by atoms with E-state index in [9.17, 15) is 4.79 Å². The van der Waals surface area contributed by atoms with Crippen LogP contribution in [0.1, 0.15) is 27.2 Å². The minimum absolute atomic E-state index is 0.0699. The minimum atomic E-state index is 0.0699. The average molecular weight is 236 g/mol. The number of carbonyl (C=O) groups is 1. The summed E-state index contributed by atoms with van der Waals surface area (Å²) in [5, 5.41) is 0. The number of likely N-dealkylation sites (tertiary alicyclic amines) is 1. The molecule has 2 unspecified atom stereocenters. The van der Waals surface area contributed by atoms with Crippen molar-refractivity contribution >= 4 is 6.03 Å². The van der Waals surface area contributed by atoms with Crippen LogP contribution >= 0.6 is 0 Å². The predicted molar refractivity (Wildman–Crippen MR) is 70.5 cm³/mol. The van der Waals surface area contributed by atoms with Crippen LogP contribution in [0.25, 0.3) is 0 Å². The predicted octanol–water partition coefficient (Wildman–Crippen LogP) is 2.29. The van der Waals surface area contributed by atoms with Crippen molar-refractivity contribution in [3.8, 4) is 12.3 Å². The molecule has 1 rings (SSSR count). The van der Waals surface area contributed by atoms with Gasteiger partial charge in [0.05, 0.1) is 6.54 Å². The first-order valence-corrected chi connectivity index (χ1v) is 6.40. The SMILES string of the molecule is C#CCN(C)C(=O)N1CCC(C)C(C(C)C)C1. The molecule has 1 heterocycles. The van der Waals surface area contributed by atoms with Crippen LogP contribution in [-0.2, 0) is 0 Å². The molecule has 1 aliphatic rings. The molecule has 0 aromatic rings. The van der Waals surface area contributed by atoms with Crippen LogP contribution in [0.15, 0.2) is 0 Å². The van der Waals surface area contributed by atoms with Crippen molar-refractivity contribution < 1.29 is 4.79 Å². The third-order valence-corrected chi connectivity index (χ3v) is 3.80. The first-order valence-electron chi connectivity index (χ1n) is 6.40. The highest BCUT2D eigenvalue weighted by atomic mass is 16.2. The van der Waals surface area contributed by atoms with Gasteiger partial charge in [0.25, 0.3) is 0 Å². The second-order valence-corrected chi connectivity index (χ2v) is 5.46. The first kappa shape index (κ1) is 13.9. The molecule has 1 aliphatic heterocycles. The molecule has 0 spiro atoms. The smallest absolute Gasteiger partial charge is 0.320 e. The van der Waals surface area contributed by atoms with E-state index in [0.717, 1.165) is 19.5 Å². The third kappa shape index (κ3) is 3.39. The van der Waals surface area contributed by atoms with E-state index in [4.69, 9.17) is 6.42 Å². The summed E-state index contributed by atoms with van der Waals surface area (Å²) < 4.78 is 0. The second kappa shape index (κ2) is 5.95. The molecule has 0 bridgehead atoms. The van der Waals surface area contributed by atoms with Crippen LogP contribution in [0.3, 0.4) is 0 Å². The minimum Gasteiger partial charge on any atom is -0.324 e. The number of terminal acetylenes is 1. The zero-order chi connectivity index (χ0) is 13.0. The molecule has 3 heteroatoms. The summed E-state index contributed by atoms with van der Waals surface area (Å²) in [7, 11) is 1.77. The molecule has 0 aliphatic carbocycles. The van der Waals surface area contributed by atoms with E-state index in [1.54, 1.807) is 11.9 Å². The van der Waals surface area contributed by atoms with Crippen LogP contribution in [-0.4, -0.2) is 42.5 Å². The molecule has 0 radical (unpaired) electrons. The van der Waals surface area contributed by atoms with Crippen molar-refractivity contribution in [2.45, 2.75) is 27.2 Å². The maximum Gasteiger partial charge on any atom is 0.320 e. The van der Waals surface area contributed by atoms with Gasteiger partial charge in [0.2, 0.25) is 0 Å². The van der Waals surface area contributed by atoms with Crippen molar-refractivity contribution in [2.75, 3.05) is 26.7 Å². The number of hydrogen-bond donors (Lipinski definition) is 0. The molecule has 1 saturated heterocycles. The summed E-state index contributed by atoms with van der Waals surface area (Å²) in [6.07, 6.45) is 6.33. The van der Waals surface area contributed by atoms with Gasteiger partial charge < -0.3 is 9.80 Å². The normalized spacial score (nSPS) is 24.6. The highest BCUT2D eigenvalue weighted by Crippen LogP contribution is 2.29. The van der Waals surface area contributed by atoms with Gasteiger partial charge in [-0.25, -0.2) is 4.79 Å². The Morgan fingerprint density at radius 1 is 1.59 bits per heavy atom. The summed E-state index contributed by atoms with van der Waals surface area (Å²) in [6, 6.07) is 0.0699. The Kier molecular flexibility index (Phi) is 4.86. The number of amides is 2. The van der Waals surface area contributed by atoms with Gasteiger partial charge in [-0.1, -0.05) is 26.7 Å². The fourth-order valence-corrected chi connectivity index (χ4v) is 2.59. The van der Waals surface area contributed by atoms with Gasteiger partial charge in [0, 0.05) is 20.1 Å². The van der Waals surface area contributed by atoms with Gasteiger partial charge in [0.15, 0.2) is 0 Å². The van der Waals surface area contributed by atoms with Gasteiger partial charge in [0.1, 0.15) is 0 Å². The fraction of sp³-hybridized carbons (Fsp3) is 0.786. The van der Waals surface area contributed by atoms with Crippen molar-refractivity contribution in [3.05, 3.63) is 0 Å². The Morgan fingerprint density at radius 3 is 2.76 bits per heavy atom. The average Bonchev–Trinajstić information content (AvgIpc) is 2.28. The topological polar surface area (TPSA) is 23.6 Å². The number of urea groups is 1. The Morgan fingerprint density at radius 2 is 2.24 bits per heavy atom. The van der Waals surface area contributed by atoms with Gasteiger partial charge in [-0.2, -0.15) is 0 Å². The lowest BCUT2D eigenvalue weighted by molar-refractivity contribution is 0.0977. The molecule has 0 saturated carbocycles. The number of nitrogens with zero attached hydrogens (tertiary/aromatic N) is 2. The summed E-state index contributed by atoms with van der Waals surface area (Å²) >= 11 is 0. The highest BCUT2D eigenvalue weighted by Gasteiger charge is 2.31. The molecule has 1 fully saturated rings. The van der Waals surface area contributed by atoms with E-state index >= 15 is 0 Å². The Balaban J connectivity index is 2.62. The Labute approximate surface area is 105 Å². The maximum absolute atomic E-state index is 12.1. The molecule has 0 aromatic carbocycles. The maximum atomic E-state index is 12.1. The third-order valence-electron chi connectivity index (χ3n) is 3.80.